The van der Waals surface area contributed by atoms with Crippen molar-refractivity contribution >= 4 is 22.2 Å². The maximum absolute atomic E-state index is 4.73. The molecule has 0 aliphatic heterocycles. The van der Waals surface area contributed by atoms with Gasteiger partial charge in [0.15, 0.2) is 0 Å². The third-order valence-electron chi connectivity index (χ3n) is 4.38. The first-order chi connectivity index (χ1) is 11.3. The molecule has 1 aromatic heterocycles. The van der Waals surface area contributed by atoms with Crippen LogP contribution in [-0.4, -0.2) is 10.7 Å². The monoisotopic (exact) mass is 321 g/mol. The molecule has 0 spiro atoms. The summed E-state index contributed by atoms with van der Waals surface area (Å²) in [5.41, 5.74) is 10.5. The first kappa shape index (κ1) is 14.4. The van der Waals surface area contributed by atoms with Crippen LogP contribution in [0.4, 0.5) is 5.13 Å². The van der Waals surface area contributed by atoms with Crippen molar-refractivity contribution in [1.82, 2.24) is 4.98 Å². The molecule has 3 aliphatic carbocycles. The van der Waals surface area contributed by atoms with Crippen LogP contribution in [0.5, 0.6) is 0 Å². The average Bonchev–Trinajstić information content (AvgIpc) is 3.24. The van der Waals surface area contributed by atoms with Gasteiger partial charge in [0.2, 0.25) is 5.13 Å². The molecule has 23 heavy (non-hydrogen) atoms. The highest BCUT2D eigenvalue weighted by molar-refractivity contribution is 7.14. The predicted molar refractivity (Wildman–Crippen MR) is 98.4 cm³/mol. The van der Waals surface area contributed by atoms with Gasteiger partial charge in [0.05, 0.1) is 5.69 Å². The van der Waals surface area contributed by atoms with E-state index in [1.165, 1.54) is 40.8 Å². The predicted octanol–water partition coefficient (Wildman–Crippen LogP) is 5.57. The Morgan fingerprint density at radius 3 is 2.65 bits per heavy atom. The summed E-state index contributed by atoms with van der Waals surface area (Å²) in [6.45, 7) is 2.16. The molecule has 0 saturated heterocycles. The van der Waals surface area contributed by atoms with Crippen molar-refractivity contribution in [2.45, 2.75) is 32.6 Å². The second kappa shape index (κ2) is 6.13. The van der Waals surface area contributed by atoms with E-state index >= 15 is 0 Å². The minimum atomic E-state index is 0.867. The second-order valence-corrected chi connectivity index (χ2v) is 6.87. The van der Waals surface area contributed by atoms with Gasteiger partial charge in [-0.15, -0.1) is 11.3 Å². The van der Waals surface area contributed by atoms with Crippen LogP contribution in [0.1, 0.15) is 31.2 Å². The molecule has 1 aromatic rings. The van der Waals surface area contributed by atoms with E-state index in [1.54, 1.807) is 11.3 Å². The first-order valence-electron chi connectivity index (χ1n) is 8.07. The smallest absolute Gasteiger partial charge is 0.203 e. The molecule has 0 aromatic carbocycles. The number of fused-ring (bicyclic) bond motifs is 1. The van der Waals surface area contributed by atoms with Crippen molar-refractivity contribution in [2.24, 2.45) is 5.10 Å². The molecule has 4 rings (SSSR count). The maximum atomic E-state index is 4.73. The number of anilines is 1. The number of hydrogen-bond acceptors (Lipinski definition) is 4. The Bertz CT molecular complexity index is 826. The molecule has 1 heterocycles. The third-order valence-corrected chi connectivity index (χ3v) is 5.13. The van der Waals surface area contributed by atoms with Crippen LogP contribution in [-0.2, 0) is 0 Å². The van der Waals surface area contributed by atoms with E-state index in [4.69, 9.17) is 4.98 Å². The van der Waals surface area contributed by atoms with Gasteiger partial charge >= 0.3 is 0 Å². The van der Waals surface area contributed by atoms with Crippen molar-refractivity contribution in [2.75, 3.05) is 5.43 Å². The highest BCUT2D eigenvalue weighted by atomic mass is 32.1. The molecular formula is C19H19N3S. The van der Waals surface area contributed by atoms with Crippen LogP contribution in [0.2, 0.25) is 0 Å². The van der Waals surface area contributed by atoms with Crippen LogP contribution in [0, 0.1) is 6.92 Å². The summed E-state index contributed by atoms with van der Waals surface area (Å²) in [6.07, 6.45) is 4.77. The summed E-state index contributed by atoms with van der Waals surface area (Å²) >= 11 is 1.61. The number of aromatic nitrogens is 1. The third kappa shape index (κ3) is 2.86. The SMILES string of the molecule is Cc1cc(-c2csc(NN=C3CCCC3)n2)c2cccccc1-2. The van der Waals surface area contributed by atoms with Crippen molar-refractivity contribution in [3.05, 3.63) is 47.3 Å². The number of hydrazone groups is 1. The van der Waals surface area contributed by atoms with Crippen LogP contribution in [0.3, 0.4) is 0 Å². The molecule has 3 aliphatic rings. The van der Waals surface area contributed by atoms with Gasteiger partial charge in [-0.1, -0.05) is 30.3 Å². The fraction of sp³-hybridized carbons (Fsp3) is 0.263. The molecule has 116 valence electrons. The molecule has 0 atom stereocenters. The number of nitrogens with one attached hydrogen (secondary N) is 1. The molecule has 0 bridgehead atoms. The van der Waals surface area contributed by atoms with E-state index in [9.17, 15) is 0 Å². The van der Waals surface area contributed by atoms with Gasteiger partial charge in [-0.05, 0) is 55.4 Å². The zero-order chi connectivity index (χ0) is 15.6. The molecule has 0 unspecified atom stereocenters. The van der Waals surface area contributed by atoms with E-state index in [0.717, 1.165) is 23.7 Å². The Morgan fingerprint density at radius 1 is 1.04 bits per heavy atom. The Balaban J connectivity index is 1.64. The lowest BCUT2D eigenvalue weighted by molar-refractivity contribution is 0.886. The van der Waals surface area contributed by atoms with Crippen molar-refractivity contribution in [3.63, 3.8) is 0 Å². The maximum Gasteiger partial charge on any atom is 0.203 e. The molecule has 1 saturated carbocycles. The summed E-state index contributed by atoms with van der Waals surface area (Å²) in [5.74, 6) is 0. The summed E-state index contributed by atoms with van der Waals surface area (Å²) in [7, 11) is 0. The van der Waals surface area contributed by atoms with Gasteiger partial charge in [0, 0.05) is 16.7 Å². The molecule has 1 N–H and O–H groups in total. The summed E-state index contributed by atoms with van der Waals surface area (Å²) in [5, 5.41) is 7.47. The van der Waals surface area contributed by atoms with E-state index in [0.29, 0.717) is 0 Å². The average molecular weight is 321 g/mol. The molecule has 0 radical (unpaired) electrons. The Labute approximate surface area is 140 Å². The van der Waals surface area contributed by atoms with Crippen molar-refractivity contribution in [3.8, 4) is 22.4 Å². The largest absolute Gasteiger partial charge is 0.253 e. The quantitative estimate of drug-likeness (QED) is 0.641. The first-order valence-corrected chi connectivity index (χ1v) is 8.95. The fourth-order valence-corrected chi connectivity index (χ4v) is 3.83. The number of rotatable bonds is 3. The van der Waals surface area contributed by atoms with Crippen LogP contribution in [0.15, 0.2) is 46.9 Å². The van der Waals surface area contributed by atoms with Crippen molar-refractivity contribution < 1.29 is 0 Å². The Hall–Kier alpha value is -2.20. The fourth-order valence-electron chi connectivity index (χ4n) is 3.18. The Morgan fingerprint density at radius 2 is 1.83 bits per heavy atom. The molecule has 1 fully saturated rings. The van der Waals surface area contributed by atoms with Crippen molar-refractivity contribution in [1.29, 1.82) is 0 Å². The normalized spacial score (nSPS) is 14.4. The molecular weight excluding hydrogens is 302 g/mol. The minimum absolute atomic E-state index is 0.867. The summed E-state index contributed by atoms with van der Waals surface area (Å²) in [4.78, 5) is 4.73. The topological polar surface area (TPSA) is 37.3 Å². The van der Waals surface area contributed by atoms with Gasteiger partial charge in [-0.2, -0.15) is 5.10 Å². The van der Waals surface area contributed by atoms with Crippen LogP contribution < -0.4 is 5.43 Å². The van der Waals surface area contributed by atoms with Crippen LogP contribution in [0.25, 0.3) is 22.4 Å². The van der Waals surface area contributed by atoms with Crippen LogP contribution >= 0.6 is 11.3 Å². The van der Waals surface area contributed by atoms with Gasteiger partial charge in [0.1, 0.15) is 0 Å². The lowest BCUT2D eigenvalue weighted by atomic mass is 10.1. The number of thiazole rings is 1. The molecule has 3 nitrogen and oxygen atoms in total. The molecule has 4 heteroatoms. The van der Waals surface area contributed by atoms with Gasteiger partial charge < -0.3 is 0 Å². The number of hydrogen-bond donors (Lipinski definition) is 1. The summed E-state index contributed by atoms with van der Waals surface area (Å²) < 4.78 is 0. The highest BCUT2D eigenvalue weighted by Crippen LogP contribution is 2.38. The Kier molecular flexibility index (Phi) is 3.83. The van der Waals surface area contributed by atoms with Gasteiger partial charge in [-0.3, -0.25) is 5.43 Å². The van der Waals surface area contributed by atoms with E-state index in [1.807, 2.05) is 0 Å². The number of nitrogens with zero attached hydrogens (tertiary/aromatic N) is 2. The summed E-state index contributed by atoms with van der Waals surface area (Å²) in [6, 6.07) is 12.8. The van der Waals surface area contributed by atoms with E-state index < -0.39 is 0 Å². The number of aryl methyl sites for hydroxylation is 1. The lowest BCUT2D eigenvalue weighted by Gasteiger charge is -1.99. The second-order valence-electron chi connectivity index (χ2n) is 6.01. The lowest BCUT2D eigenvalue weighted by Crippen LogP contribution is -1.95. The minimum Gasteiger partial charge on any atom is -0.253 e. The zero-order valence-corrected chi connectivity index (χ0v) is 14.0. The van der Waals surface area contributed by atoms with Gasteiger partial charge in [-0.25, -0.2) is 4.98 Å². The van der Waals surface area contributed by atoms with E-state index in [-0.39, 0.29) is 0 Å². The van der Waals surface area contributed by atoms with Gasteiger partial charge in [0.25, 0.3) is 0 Å². The zero-order valence-electron chi connectivity index (χ0n) is 13.2. The molecule has 0 amide bonds. The standard InChI is InChI=1S/C19H19N3S/c1-13-11-17(16-10-4-2-3-9-15(13)16)18-12-23-19(20-18)22-21-14-7-5-6-8-14/h2-4,9-12H,5-8H2,1H3,(H,20,22). The van der Waals surface area contributed by atoms with E-state index in [2.05, 4.69) is 59.2 Å². The highest BCUT2D eigenvalue weighted by Gasteiger charge is 2.16.